The van der Waals surface area contributed by atoms with Crippen molar-refractivity contribution in [3.05, 3.63) is 65.7 Å². The van der Waals surface area contributed by atoms with Gasteiger partial charge < -0.3 is 10.0 Å². The van der Waals surface area contributed by atoms with Gasteiger partial charge in [-0.25, -0.2) is 8.42 Å². The summed E-state index contributed by atoms with van der Waals surface area (Å²) in [6.45, 7) is 4.29. The van der Waals surface area contributed by atoms with Crippen LogP contribution in [0.3, 0.4) is 0 Å². The van der Waals surface area contributed by atoms with Gasteiger partial charge in [-0.05, 0) is 35.6 Å². The Morgan fingerprint density at radius 2 is 1.69 bits per heavy atom. The average Bonchev–Trinajstić information content (AvgIpc) is 2.85. The fourth-order valence-corrected chi connectivity index (χ4v) is 4.87. The Bertz CT molecular complexity index is 927. The summed E-state index contributed by atoms with van der Waals surface area (Å²) in [6, 6.07) is 16.5. The molecule has 1 unspecified atom stereocenters. The molecule has 1 aliphatic heterocycles. The Kier molecular flexibility index (Phi) is 6.72. The zero-order valence-electron chi connectivity index (χ0n) is 16.9. The van der Waals surface area contributed by atoms with E-state index >= 15 is 0 Å². The predicted molar refractivity (Wildman–Crippen MR) is 112 cm³/mol. The molecule has 0 bridgehead atoms. The van der Waals surface area contributed by atoms with Crippen LogP contribution in [0.1, 0.15) is 30.9 Å². The molecule has 7 heteroatoms. The molecule has 1 fully saturated rings. The fraction of sp³-hybridized carbons (Fsp3) is 0.409. The number of carbonyl (C=O) groups excluding carboxylic acids is 1. The number of nitrogens with zero attached hydrogens (tertiary/aromatic N) is 2. The van der Waals surface area contributed by atoms with Crippen LogP contribution >= 0.6 is 0 Å². The molecule has 1 saturated heterocycles. The Balaban J connectivity index is 1.73. The highest BCUT2D eigenvalue weighted by Gasteiger charge is 2.34. The van der Waals surface area contributed by atoms with Crippen molar-refractivity contribution in [2.75, 3.05) is 26.2 Å². The topological polar surface area (TPSA) is 77.9 Å². The lowest BCUT2D eigenvalue weighted by Crippen LogP contribution is -2.40. The van der Waals surface area contributed by atoms with E-state index in [2.05, 4.69) is 0 Å². The van der Waals surface area contributed by atoms with E-state index < -0.39 is 16.1 Å². The summed E-state index contributed by atoms with van der Waals surface area (Å²) in [5.41, 5.74) is 2.14. The highest BCUT2D eigenvalue weighted by Crippen LogP contribution is 2.22. The number of benzene rings is 2. The molecule has 1 atom stereocenters. The van der Waals surface area contributed by atoms with Crippen molar-refractivity contribution in [1.82, 2.24) is 9.21 Å². The molecule has 1 heterocycles. The Morgan fingerprint density at radius 1 is 1.03 bits per heavy atom. The summed E-state index contributed by atoms with van der Waals surface area (Å²) in [7, 11) is -3.86. The van der Waals surface area contributed by atoms with Crippen LogP contribution < -0.4 is 0 Å². The first kappa shape index (κ1) is 21.5. The Hall–Kier alpha value is -2.22. The van der Waals surface area contributed by atoms with Crippen LogP contribution in [0.25, 0.3) is 0 Å². The van der Waals surface area contributed by atoms with Crippen molar-refractivity contribution in [2.45, 2.75) is 37.2 Å². The molecule has 1 N–H and O–H groups in total. The lowest BCUT2D eigenvalue weighted by molar-refractivity contribution is -0.130. The number of rotatable bonds is 6. The maximum absolute atomic E-state index is 13.0. The van der Waals surface area contributed by atoms with Crippen molar-refractivity contribution in [1.29, 1.82) is 0 Å². The van der Waals surface area contributed by atoms with E-state index in [-0.39, 0.29) is 30.4 Å². The molecule has 2 aromatic carbocycles. The van der Waals surface area contributed by atoms with Gasteiger partial charge in [0.1, 0.15) is 0 Å². The van der Waals surface area contributed by atoms with E-state index in [9.17, 15) is 18.3 Å². The van der Waals surface area contributed by atoms with Crippen LogP contribution in [0, 0.1) is 0 Å². The van der Waals surface area contributed by atoms with Gasteiger partial charge in [0.2, 0.25) is 15.9 Å². The van der Waals surface area contributed by atoms with E-state index in [4.69, 9.17) is 0 Å². The Morgan fingerprint density at radius 3 is 2.31 bits per heavy atom. The summed E-state index contributed by atoms with van der Waals surface area (Å²) in [5, 5.41) is 10.4. The molecule has 2 aromatic rings. The minimum Gasteiger partial charge on any atom is -0.390 e. The van der Waals surface area contributed by atoms with Crippen LogP contribution in [0.15, 0.2) is 59.5 Å². The first-order valence-electron chi connectivity index (χ1n) is 9.87. The molecular weight excluding hydrogens is 388 g/mol. The van der Waals surface area contributed by atoms with Crippen LogP contribution in [0.2, 0.25) is 0 Å². The van der Waals surface area contributed by atoms with Crippen LogP contribution in [0.5, 0.6) is 0 Å². The SMILES string of the molecule is CC(C)c1ccc(S(=O)(=O)N2CC(=O)N(CCc3ccccc3)CC(O)C2)cc1. The molecule has 1 aliphatic rings. The lowest BCUT2D eigenvalue weighted by atomic mass is 10.0. The van der Waals surface area contributed by atoms with Gasteiger partial charge in [0, 0.05) is 19.6 Å². The third-order valence-corrected chi connectivity index (χ3v) is 7.03. The van der Waals surface area contributed by atoms with Crippen molar-refractivity contribution < 1.29 is 18.3 Å². The summed E-state index contributed by atoms with van der Waals surface area (Å²) in [4.78, 5) is 14.4. The Labute approximate surface area is 172 Å². The maximum atomic E-state index is 13.0. The fourth-order valence-electron chi connectivity index (χ4n) is 3.45. The largest absolute Gasteiger partial charge is 0.390 e. The normalized spacial score (nSPS) is 18.8. The van der Waals surface area contributed by atoms with Gasteiger partial charge in [-0.1, -0.05) is 56.3 Å². The van der Waals surface area contributed by atoms with Crippen LogP contribution in [0.4, 0.5) is 0 Å². The minimum atomic E-state index is -3.86. The molecule has 0 saturated carbocycles. The second kappa shape index (κ2) is 9.07. The third kappa shape index (κ3) is 5.23. The molecule has 3 rings (SSSR count). The molecule has 6 nitrogen and oxygen atoms in total. The monoisotopic (exact) mass is 416 g/mol. The standard InChI is InChI=1S/C22H28N2O4S/c1-17(2)19-8-10-21(11-9-19)29(27,28)24-15-20(25)14-23(22(26)16-24)13-12-18-6-4-3-5-7-18/h3-11,17,20,25H,12-16H2,1-2H3. The number of amides is 1. The quantitative estimate of drug-likeness (QED) is 0.784. The van der Waals surface area contributed by atoms with Gasteiger partial charge in [-0.2, -0.15) is 4.31 Å². The summed E-state index contributed by atoms with van der Waals surface area (Å²) in [6.07, 6.45) is -0.273. The molecular formula is C22H28N2O4S. The zero-order valence-corrected chi connectivity index (χ0v) is 17.7. The van der Waals surface area contributed by atoms with Gasteiger partial charge in [0.15, 0.2) is 0 Å². The highest BCUT2D eigenvalue weighted by atomic mass is 32.2. The average molecular weight is 417 g/mol. The van der Waals surface area contributed by atoms with Crippen molar-refractivity contribution in [3.8, 4) is 0 Å². The molecule has 156 valence electrons. The molecule has 29 heavy (non-hydrogen) atoms. The first-order valence-corrected chi connectivity index (χ1v) is 11.3. The number of hydrogen-bond donors (Lipinski definition) is 1. The second-order valence-corrected chi connectivity index (χ2v) is 9.69. The van der Waals surface area contributed by atoms with Gasteiger partial charge in [-0.15, -0.1) is 0 Å². The number of sulfonamides is 1. The highest BCUT2D eigenvalue weighted by molar-refractivity contribution is 7.89. The second-order valence-electron chi connectivity index (χ2n) is 7.75. The summed E-state index contributed by atoms with van der Waals surface area (Å²) < 4.78 is 27.2. The number of β-amino-alcohol motifs (C(OH)–C–C–N with tert-alkyl or cyclic N) is 1. The van der Waals surface area contributed by atoms with Crippen LogP contribution in [-0.4, -0.2) is 60.9 Å². The first-order chi connectivity index (χ1) is 13.8. The van der Waals surface area contributed by atoms with Gasteiger partial charge >= 0.3 is 0 Å². The smallest absolute Gasteiger partial charge is 0.243 e. The maximum Gasteiger partial charge on any atom is 0.243 e. The molecule has 0 spiro atoms. The van der Waals surface area contributed by atoms with E-state index in [0.29, 0.717) is 18.9 Å². The molecule has 0 radical (unpaired) electrons. The predicted octanol–water partition coefficient (Wildman–Crippen LogP) is 2.25. The van der Waals surface area contributed by atoms with Gasteiger partial charge in [0.25, 0.3) is 0 Å². The van der Waals surface area contributed by atoms with Crippen LogP contribution in [-0.2, 0) is 21.2 Å². The number of hydrogen-bond acceptors (Lipinski definition) is 4. The van der Waals surface area contributed by atoms with E-state index in [1.807, 2.05) is 44.2 Å². The number of aliphatic hydroxyl groups excluding tert-OH is 1. The van der Waals surface area contributed by atoms with Gasteiger partial charge in [-0.3, -0.25) is 4.79 Å². The van der Waals surface area contributed by atoms with Gasteiger partial charge in [0.05, 0.1) is 17.5 Å². The van der Waals surface area contributed by atoms with E-state index in [1.54, 1.807) is 29.2 Å². The minimum absolute atomic E-state index is 0.0954. The summed E-state index contributed by atoms with van der Waals surface area (Å²) in [5.74, 6) is 0.00590. The van der Waals surface area contributed by atoms with Crippen molar-refractivity contribution in [2.24, 2.45) is 0 Å². The zero-order chi connectivity index (χ0) is 21.0. The molecule has 0 aliphatic carbocycles. The van der Waals surface area contributed by atoms with E-state index in [1.165, 1.54) is 0 Å². The molecule has 1 amide bonds. The van der Waals surface area contributed by atoms with Crippen molar-refractivity contribution in [3.63, 3.8) is 0 Å². The number of carbonyl (C=O) groups is 1. The summed E-state index contributed by atoms with van der Waals surface area (Å²) >= 11 is 0. The molecule has 0 aromatic heterocycles. The third-order valence-electron chi connectivity index (χ3n) is 5.21. The van der Waals surface area contributed by atoms with Crippen molar-refractivity contribution >= 4 is 15.9 Å². The number of aliphatic hydroxyl groups is 1. The lowest BCUT2D eigenvalue weighted by Gasteiger charge is -2.22. The van der Waals surface area contributed by atoms with E-state index in [0.717, 1.165) is 15.4 Å².